The first-order valence-electron chi connectivity index (χ1n) is 12.2. The first kappa shape index (κ1) is 31.3. The Morgan fingerprint density at radius 1 is 0.923 bits per heavy atom. The molecule has 0 radical (unpaired) electrons. The van der Waals surface area contributed by atoms with Gasteiger partial charge >= 0.3 is 11.9 Å². The van der Waals surface area contributed by atoms with Crippen LogP contribution in [0.3, 0.4) is 0 Å². The normalized spacial score (nSPS) is 13.9. The second-order valence-electron chi connectivity index (χ2n) is 8.81. The lowest BCUT2D eigenvalue weighted by Gasteiger charge is -2.25. The molecule has 0 fully saturated rings. The van der Waals surface area contributed by atoms with Gasteiger partial charge in [0, 0.05) is 24.7 Å². The van der Waals surface area contributed by atoms with Crippen molar-refractivity contribution in [3.63, 3.8) is 0 Å². The van der Waals surface area contributed by atoms with Crippen LogP contribution in [0.4, 0.5) is 0 Å². The quantitative estimate of drug-likeness (QED) is 0.133. The largest absolute Gasteiger partial charge is 0.481 e. The number of amides is 3. The maximum Gasteiger partial charge on any atom is 0.326 e. The standard InChI is InChI=1S/C25H34N6O7S/c1-39-10-9-18(29-22(34)17(26)11-15-5-3-2-4-6-15)23(35)31-20(12-16-13-27-14-28-16)24(36)30-19(25(37)38)7-8-21(32)33/h2-6,13-14,17-20H,7-12,26H2,1H3,(H,27,28)(H,29,34)(H,30,36)(H,31,35)(H,32,33)(H,37,38). The van der Waals surface area contributed by atoms with Crippen LogP contribution in [0.5, 0.6) is 0 Å². The van der Waals surface area contributed by atoms with E-state index in [1.165, 1.54) is 24.3 Å². The van der Waals surface area contributed by atoms with Crippen molar-refractivity contribution in [3.8, 4) is 0 Å². The fourth-order valence-corrected chi connectivity index (χ4v) is 4.11. The summed E-state index contributed by atoms with van der Waals surface area (Å²) in [6, 6.07) is 4.55. The molecule has 0 bridgehead atoms. The van der Waals surface area contributed by atoms with Gasteiger partial charge in [-0.3, -0.25) is 19.2 Å². The minimum Gasteiger partial charge on any atom is -0.481 e. The predicted molar refractivity (Wildman–Crippen MR) is 144 cm³/mol. The van der Waals surface area contributed by atoms with Crippen LogP contribution in [0.25, 0.3) is 0 Å². The van der Waals surface area contributed by atoms with Crippen molar-refractivity contribution >= 4 is 41.4 Å². The molecule has 0 saturated heterocycles. The highest BCUT2D eigenvalue weighted by molar-refractivity contribution is 7.98. The molecule has 2 aromatic rings. The predicted octanol–water partition coefficient (Wildman–Crippen LogP) is -0.321. The summed E-state index contributed by atoms with van der Waals surface area (Å²) in [6.07, 6.45) is 4.32. The van der Waals surface area contributed by atoms with Gasteiger partial charge in [0.25, 0.3) is 0 Å². The summed E-state index contributed by atoms with van der Waals surface area (Å²) in [7, 11) is 0. The zero-order valence-electron chi connectivity index (χ0n) is 21.5. The number of carbonyl (C=O) groups is 5. The Kier molecular flexibility index (Phi) is 13.0. The number of hydrogen-bond acceptors (Lipinski definition) is 8. The van der Waals surface area contributed by atoms with Gasteiger partial charge in [0.05, 0.1) is 12.4 Å². The van der Waals surface area contributed by atoms with Crippen molar-refractivity contribution in [1.82, 2.24) is 25.9 Å². The highest BCUT2D eigenvalue weighted by Crippen LogP contribution is 2.07. The van der Waals surface area contributed by atoms with Crippen LogP contribution in [0, 0.1) is 0 Å². The first-order chi connectivity index (χ1) is 18.6. The van der Waals surface area contributed by atoms with Crippen molar-refractivity contribution < 1.29 is 34.2 Å². The number of imidazole rings is 1. The molecule has 0 saturated carbocycles. The van der Waals surface area contributed by atoms with Crippen molar-refractivity contribution in [2.45, 2.75) is 56.3 Å². The van der Waals surface area contributed by atoms with E-state index in [0.717, 1.165) is 5.56 Å². The Morgan fingerprint density at radius 2 is 1.56 bits per heavy atom. The fourth-order valence-electron chi connectivity index (χ4n) is 3.64. The van der Waals surface area contributed by atoms with Crippen molar-refractivity contribution in [1.29, 1.82) is 0 Å². The smallest absolute Gasteiger partial charge is 0.326 e. The van der Waals surface area contributed by atoms with Crippen LogP contribution in [0.1, 0.15) is 30.5 Å². The van der Waals surface area contributed by atoms with Gasteiger partial charge in [-0.1, -0.05) is 30.3 Å². The van der Waals surface area contributed by atoms with Crippen LogP contribution in [-0.2, 0) is 36.8 Å². The average molecular weight is 563 g/mol. The Hall–Kier alpha value is -3.91. The fraction of sp³-hybridized carbons (Fsp3) is 0.440. The number of aromatic nitrogens is 2. The lowest BCUT2D eigenvalue weighted by molar-refractivity contribution is -0.143. The second kappa shape index (κ2) is 16.1. The van der Waals surface area contributed by atoms with E-state index < -0.39 is 60.2 Å². The van der Waals surface area contributed by atoms with Crippen LogP contribution in [-0.4, -0.2) is 86.0 Å². The van der Waals surface area contributed by atoms with Crippen LogP contribution < -0.4 is 21.7 Å². The van der Waals surface area contributed by atoms with E-state index >= 15 is 0 Å². The van der Waals surface area contributed by atoms with E-state index in [-0.39, 0.29) is 25.7 Å². The third-order valence-corrected chi connectivity index (χ3v) is 6.40. The van der Waals surface area contributed by atoms with Crippen LogP contribution in [0.15, 0.2) is 42.9 Å². The Bertz CT molecular complexity index is 1100. The number of carboxylic acids is 2. The third-order valence-electron chi connectivity index (χ3n) is 5.75. The van der Waals surface area contributed by atoms with Crippen LogP contribution in [0.2, 0.25) is 0 Å². The number of nitrogens with zero attached hydrogens (tertiary/aromatic N) is 1. The summed E-state index contributed by atoms with van der Waals surface area (Å²) in [5.41, 5.74) is 7.42. The number of rotatable bonds is 17. The Labute approximate surface area is 229 Å². The lowest BCUT2D eigenvalue weighted by Crippen LogP contribution is -2.58. The second-order valence-corrected chi connectivity index (χ2v) is 9.80. The molecule has 14 heteroatoms. The molecule has 4 unspecified atom stereocenters. The van der Waals surface area contributed by atoms with E-state index in [2.05, 4.69) is 25.9 Å². The number of aliphatic carboxylic acids is 2. The highest BCUT2D eigenvalue weighted by atomic mass is 32.2. The van der Waals surface area contributed by atoms with E-state index in [1.807, 2.05) is 36.6 Å². The Balaban J connectivity index is 2.15. The molecule has 3 amide bonds. The Morgan fingerprint density at radius 3 is 2.15 bits per heavy atom. The number of carbonyl (C=O) groups excluding carboxylic acids is 3. The van der Waals surface area contributed by atoms with Crippen molar-refractivity contribution in [2.24, 2.45) is 5.73 Å². The molecule has 0 aliphatic carbocycles. The van der Waals surface area contributed by atoms with E-state index in [0.29, 0.717) is 11.4 Å². The number of hydrogen-bond donors (Lipinski definition) is 7. The van der Waals surface area contributed by atoms with Crippen LogP contribution >= 0.6 is 11.8 Å². The summed E-state index contributed by atoms with van der Waals surface area (Å²) >= 11 is 1.47. The zero-order chi connectivity index (χ0) is 28.8. The molecular weight excluding hydrogens is 528 g/mol. The summed E-state index contributed by atoms with van der Waals surface area (Å²) < 4.78 is 0. The molecule has 0 aliphatic rings. The maximum absolute atomic E-state index is 13.3. The number of nitrogens with one attached hydrogen (secondary N) is 4. The van der Waals surface area contributed by atoms with Gasteiger partial charge in [-0.2, -0.15) is 11.8 Å². The molecule has 2 rings (SSSR count). The maximum atomic E-state index is 13.3. The number of nitrogens with two attached hydrogens (primary N) is 1. The summed E-state index contributed by atoms with van der Waals surface area (Å²) in [5.74, 6) is -4.11. The van der Waals surface area contributed by atoms with Gasteiger partial charge in [-0.15, -0.1) is 0 Å². The molecule has 1 aromatic carbocycles. The molecule has 8 N–H and O–H groups in total. The lowest BCUT2D eigenvalue weighted by atomic mass is 10.0. The monoisotopic (exact) mass is 562 g/mol. The van der Waals surface area contributed by atoms with Crippen molar-refractivity contribution in [3.05, 3.63) is 54.1 Å². The summed E-state index contributed by atoms with van der Waals surface area (Å²) in [5, 5.41) is 25.9. The highest BCUT2D eigenvalue weighted by Gasteiger charge is 2.31. The number of thioether (sulfide) groups is 1. The molecule has 1 heterocycles. The van der Waals surface area contributed by atoms with Gasteiger partial charge in [0.15, 0.2) is 0 Å². The molecule has 1 aromatic heterocycles. The van der Waals surface area contributed by atoms with E-state index in [9.17, 15) is 29.1 Å². The molecule has 39 heavy (non-hydrogen) atoms. The average Bonchev–Trinajstić information content (AvgIpc) is 3.41. The minimum atomic E-state index is -1.47. The summed E-state index contributed by atoms with van der Waals surface area (Å²) in [4.78, 5) is 68.3. The first-order valence-corrected chi connectivity index (χ1v) is 13.6. The van der Waals surface area contributed by atoms with Gasteiger partial charge in [0.1, 0.15) is 18.1 Å². The van der Waals surface area contributed by atoms with Crippen molar-refractivity contribution in [2.75, 3.05) is 12.0 Å². The number of aromatic amines is 1. The SMILES string of the molecule is CSCCC(NC(=O)C(N)Cc1ccccc1)C(=O)NC(Cc1cnc[nH]1)C(=O)NC(CCC(=O)O)C(=O)O. The van der Waals surface area contributed by atoms with Gasteiger partial charge in [-0.05, 0) is 36.8 Å². The van der Waals surface area contributed by atoms with Gasteiger partial charge < -0.3 is 36.9 Å². The molecule has 0 aliphatic heterocycles. The van der Waals surface area contributed by atoms with Gasteiger partial charge in [-0.25, -0.2) is 9.78 Å². The van der Waals surface area contributed by atoms with E-state index in [4.69, 9.17) is 10.8 Å². The molecule has 13 nitrogen and oxygen atoms in total. The molecular formula is C25H34N6O7S. The topological polar surface area (TPSA) is 217 Å². The van der Waals surface area contributed by atoms with Gasteiger partial charge in [0.2, 0.25) is 17.7 Å². The molecule has 4 atom stereocenters. The molecule has 0 spiro atoms. The molecule has 212 valence electrons. The zero-order valence-corrected chi connectivity index (χ0v) is 22.3. The van der Waals surface area contributed by atoms with E-state index in [1.54, 1.807) is 0 Å². The third kappa shape index (κ3) is 11.2. The number of carboxylic acid groups (broad SMARTS) is 2. The summed E-state index contributed by atoms with van der Waals surface area (Å²) in [6.45, 7) is 0. The minimum absolute atomic E-state index is 0.0560. The number of benzene rings is 1. The number of H-pyrrole nitrogens is 1.